The second kappa shape index (κ2) is 15.9. The third kappa shape index (κ3) is 6.21. The third-order valence-corrected chi connectivity index (χ3v) is 15.0. The van der Waals surface area contributed by atoms with Gasteiger partial charge in [-0.3, -0.25) is 0 Å². The van der Waals surface area contributed by atoms with Crippen LogP contribution in [0.3, 0.4) is 0 Å². The number of hydrogen-bond acceptors (Lipinski definition) is 1. The van der Waals surface area contributed by atoms with E-state index in [1.807, 2.05) is 94.1 Å². The van der Waals surface area contributed by atoms with Crippen molar-refractivity contribution in [2.24, 2.45) is 0 Å². The summed E-state index contributed by atoms with van der Waals surface area (Å²) in [4.78, 5) is 5.36. The lowest BCUT2D eigenvalue weighted by atomic mass is 10.00. The van der Waals surface area contributed by atoms with Crippen LogP contribution in [-0.2, 0) is 6.18 Å². The van der Waals surface area contributed by atoms with Crippen molar-refractivity contribution < 1.29 is 13.2 Å². The minimum atomic E-state index is -4.72. The molecule has 5 nitrogen and oxygen atoms in total. The lowest BCUT2D eigenvalue weighted by molar-refractivity contribution is -0.137. The molecule has 15 aromatic rings. The standard InChI is InChI=1S/C66H40F3N5/c67-66(68,69)42-37-63(73-59-31-14-8-23-49(59)51-39-43(33-35-61(51)73)71-55-27-10-4-19-45(55)46-20-5-11-28-56(46)71)65(54-26-16-25-53(70-54)41-17-2-1-3-18-41)64(38-42)74-60-32-15-9-24-50(60)52-40-44(34-36-62(52)74)72-57-29-12-6-21-47(57)48-22-7-13-30-58(48)72/h1-40H. The van der Waals surface area contributed by atoms with E-state index < -0.39 is 11.7 Å². The Kier molecular flexibility index (Phi) is 9.05. The summed E-state index contributed by atoms with van der Waals surface area (Å²) in [6.45, 7) is 0. The highest BCUT2D eigenvalue weighted by Crippen LogP contribution is 2.46. The summed E-state index contributed by atoms with van der Waals surface area (Å²) in [6.07, 6.45) is -4.72. The molecular formula is C66H40F3N5. The van der Waals surface area contributed by atoms with Crippen molar-refractivity contribution in [1.29, 1.82) is 0 Å². The van der Waals surface area contributed by atoms with E-state index in [-0.39, 0.29) is 0 Å². The van der Waals surface area contributed by atoms with E-state index >= 15 is 13.2 Å². The largest absolute Gasteiger partial charge is 0.416 e. The number of benzene rings is 10. The quantitative estimate of drug-likeness (QED) is 0.163. The predicted molar refractivity (Wildman–Crippen MR) is 297 cm³/mol. The smallest absolute Gasteiger partial charge is 0.309 e. The molecule has 15 rings (SSSR count). The van der Waals surface area contributed by atoms with Crippen molar-refractivity contribution in [3.63, 3.8) is 0 Å². The van der Waals surface area contributed by atoms with Gasteiger partial charge < -0.3 is 18.3 Å². The summed E-state index contributed by atoms with van der Waals surface area (Å²) in [5.74, 6) is 0. The first-order valence-corrected chi connectivity index (χ1v) is 24.7. The van der Waals surface area contributed by atoms with E-state index in [1.165, 1.54) is 12.1 Å². The molecule has 0 saturated heterocycles. The van der Waals surface area contributed by atoms with E-state index in [4.69, 9.17) is 4.98 Å². The molecule has 0 fully saturated rings. The molecule has 0 spiro atoms. The molecule has 0 aliphatic heterocycles. The molecule has 5 aromatic heterocycles. The number of para-hydroxylation sites is 6. The fourth-order valence-electron chi connectivity index (χ4n) is 11.9. The van der Waals surface area contributed by atoms with Gasteiger partial charge >= 0.3 is 6.18 Å². The van der Waals surface area contributed by atoms with Crippen LogP contribution < -0.4 is 0 Å². The molecule has 8 heteroatoms. The summed E-state index contributed by atoms with van der Waals surface area (Å²) in [5, 5.41) is 8.21. The van der Waals surface area contributed by atoms with E-state index in [1.54, 1.807) is 0 Å². The monoisotopic (exact) mass is 959 g/mol. The van der Waals surface area contributed by atoms with Crippen LogP contribution in [0.15, 0.2) is 243 Å². The van der Waals surface area contributed by atoms with Crippen LogP contribution in [0, 0.1) is 0 Å². The third-order valence-electron chi connectivity index (χ3n) is 15.0. The maximum Gasteiger partial charge on any atom is 0.416 e. The molecule has 350 valence electrons. The van der Waals surface area contributed by atoms with Gasteiger partial charge in [-0.1, -0.05) is 146 Å². The summed E-state index contributed by atoms with van der Waals surface area (Å²) in [6, 6.07) is 80.6. The van der Waals surface area contributed by atoms with Crippen LogP contribution in [0.4, 0.5) is 13.2 Å². The highest BCUT2D eigenvalue weighted by atomic mass is 19.4. The summed E-state index contributed by atoms with van der Waals surface area (Å²) in [7, 11) is 0. The number of hydrogen-bond donors (Lipinski definition) is 0. The van der Waals surface area contributed by atoms with Gasteiger partial charge in [0.2, 0.25) is 0 Å². The highest BCUT2D eigenvalue weighted by molar-refractivity contribution is 6.15. The molecule has 0 saturated carbocycles. The van der Waals surface area contributed by atoms with E-state index in [9.17, 15) is 0 Å². The highest BCUT2D eigenvalue weighted by Gasteiger charge is 2.35. The van der Waals surface area contributed by atoms with Crippen molar-refractivity contribution in [3.05, 3.63) is 248 Å². The average Bonchev–Trinajstić information content (AvgIpc) is 4.17. The van der Waals surface area contributed by atoms with Gasteiger partial charge in [-0.2, -0.15) is 13.2 Å². The number of rotatable bonds is 6. The van der Waals surface area contributed by atoms with Crippen molar-refractivity contribution in [2.45, 2.75) is 6.18 Å². The minimum absolute atomic E-state index is 0.358. The van der Waals surface area contributed by atoms with Gasteiger partial charge in [-0.25, -0.2) is 4.98 Å². The van der Waals surface area contributed by atoms with Crippen LogP contribution in [-0.4, -0.2) is 23.3 Å². The van der Waals surface area contributed by atoms with Crippen LogP contribution in [0.25, 0.3) is 132 Å². The van der Waals surface area contributed by atoms with Crippen LogP contribution in [0.1, 0.15) is 5.56 Å². The Morgan fingerprint density at radius 2 is 0.622 bits per heavy atom. The second-order valence-corrected chi connectivity index (χ2v) is 19.0. The van der Waals surface area contributed by atoms with Crippen molar-refractivity contribution in [1.82, 2.24) is 23.3 Å². The molecule has 0 aliphatic carbocycles. The number of fused-ring (bicyclic) bond motifs is 12. The van der Waals surface area contributed by atoms with Crippen molar-refractivity contribution >= 4 is 87.2 Å². The molecule has 5 heterocycles. The van der Waals surface area contributed by atoms with Crippen molar-refractivity contribution in [2.75, 3.05) is 0 Å². The maximum atomic E-state index is 16.0. The second-order valence-electron chi connectivity index (χ2n) is 19.0. The maximum absolute atomic E-state index is 16.0. The fourth-order valence-corrected chi connectivity index (χ4v) is 11.9. The van der Waals surface area contributed by atoms with Gasteiger partial charge in [0, 0.05) is 65.6 Å². The van der Waals surface area contributed by atoms with Crippen LogP contribution >= 0.6 is 0 Å². The molecule has 0 bridgehead atoms. The zero-order chi connectivity index (χ0) is 49.2. The molecule has 0 N–H and O–H groups in total. The average molecular weight is 960 g/mol. The van der Waals surface area contributed by atoms with Crippen LogP contribution in [0.5, 0.6) is 0 Å². The Morgan fingerprint density at radius 3 is 1.03 bits per heavy atom. The Labute approximate surface area is 421 Å². The predicted octanol–water partition coefficient (Wildman–Crippen LogP) is 17.8. The van der Waals surface area contributed by atoms with Gasteiger partial charge in [-0.05, 0) is 97.1 Å². The first-order chi connectivity index (χ1) is 36.4. The van der Waals surface area contributed by atoms with Gasteiger partial charge in [0.25, 0.3) is 0 Å². The lowest BCUT2D eigenvalue weighted by Crippen LogP contribution is -2.11. The number of alkyl halides is 3. The van der Waals surface area contributed by atoms with Gasteiger partial charge in [0.15, 0.2) is 0 Å². The van der Waals surface area contributed by atoms with Crippen LogP contribution in [0.2, 0.25) is 0 Å². The van der Waals surface area contributed by atoms with Gasteiger partial charge in [-0.15, -0.1) is 0 Å². The number of nitrogens with zero attached hydrogens (tertiary/aromatic N) is 5. The summed E-state index contributed by atoms with van der Waals surface area (Å²) >= 11 is 0. The number of halogens is 3. The minimum Gasteiger partial charge on any atom is -0.309 e. The van der Waals surface area contributed by atoms with Gasteiger partial charge in [0.05, 0.1) is 72.5 Å². The van der Waals surface area contributed by atoms with Crippen molar-refractivity contribution in [3.8, 4) is 45.3 Å². The Balaban J connectivity index is 1.05. The molecule has 0 atom stereocenters. The number of pyridine rings is 1. The molecule has 0 aliphatic rings. The zero-order valence-corrected chi connectivity index (χ0v) is 39.5. The fraction of sp³-hybridized carbons (Fsp3) is 0.0152. The Hall–Kier alpha value is -9.66. The molecule has 74 heavy (non-hydrogen) atoms. The van der Waals surface area contributed by atoms with E-state index in [2.05, 4.69) is 155 Å². The zero-order valence-electron chi connectivity index (χ0n) is 39.5. The lowest BCUT2D eigenvalue weighted by Gasteiger charge is -2.22. The first-order valence-electron chi connectivity index (χ1n) is 24.7. The summed E-state index contributed by atoms with van der Waals surface area (Å²) in [5.41, 5.74) is 11.9. The molecular weight excluding hydrogens is 920 g/mol. The molecule has 0 amide bonds. The Bertz CT molecular complexity index is 4420. The normalized spacial score (nSPS) is 12.3. The SMILES string of the molecule is FC(F)(F)c1cc(-n2c3ccccc3c3cc(-n4c5ccccc5c5ccccc54)ccc32)c(-c2cccc(-c3ccccc3)n2)c(-n2c3ccccc3c3cc(-n4c5ccccc5c5ccccc54)ccc32)c1. The van der Waals surface area contributed by atoms with E-state index in [0.717, 1.165) is 104 Å². The Morgan fingerprint density at radius 1 is 0.284 bits per heavy atom. The van der Waals surface area contributed by atoms with Gasteiger partial charge in [0.1, 0.15) is 0 Å². The molecule has 0 radical (unpaired) electrons. The number of aromatic nitrogens is 5. The molecule has 0 unspecified atom stereocenters. The first kappa shape index (κ1) is 42.1. The topological polar surface area (TPSA) is 32.6 Å². The molecule has 10 aromatic carbocycles. The summed E-state index contributed by atoms with van der Waals surface area (Å²) < 4.78 is 56.6. The van der Waals surface area contributed by atoms with E-state index in [0.29, 0.717) is 28.3 Å².